The van der Waals surface area contributed by atoms with Crippen LogP contribution in [0.15, 0.2) is 47.8 Å². The van der Waals surface area contributed by atoms with Crippen molar-refractivity contribution >= 4 is 17.2 Å². The predicted octanol–water partition coefficient (Wildman–Crippen LogP) is 4.75. The van der Waals surface area contributed by atoms with E-state index in [0.717, 1.165) is 28.6 Å². The maximum atomic E-state index is 12.4. The van der Waals surface area contributed by atoms with Crippen molar-refractivity contribution in [3.8, 4) is 11.5 Å². The zero-order valence-electron chi connectivity index (χ0n) is 20.8. The summed E-state index contributed by atoms with van der Waals surface area (Å²) < 4.78 is 16.0. The van der Waals surface area contributed by atoms with E-state index in [0.29, 0.717) is 31.9 Å². The SMILES string of the molecule is COCCNC(=O)c1csc(CN(Cc2ccc(C(C)(C)C)cc2)Cc2ccc3c(c2)OCO3)n1. The minimum atomic E-state index is -0.176. The highest BCUT2D eigenvalue weighted by molar-refractivity contribution is 7.09. The fourth-order valence-electron chi connectivity index (χ4n) is 3.87. The van der Waals surface area contributed by atoms with E-state index in [1.807, 2.05) is 17.5 Å². The third-order valence-corrected chi connectivity index (χ3v) is 6.64. The van der Waals surface area contributed by atoms with E-state index in [9.17, 15) is 4.79 Å². The summed E-state index contributed by atoms with van der Waals surface area (Å²) in [5.41, 5.74) is 4.24. The van der Waals surface area contributed by atoms with Gasteiger partial charge in [-0.25, -0.2) is 4.98 Å². The van der Waals surface area contributed by atoms with Gasteiger partial charge in [0.15, 0.2) is 11.5 Å². The molecule has 2 heterocycles. The molecule has 4 rings (SSSR count). The second-order valence-electron chi connectivity index (χ2n) is 9.65. The lowest BCUT2D eigenvalue weighted by Crippen LogP contribution is -2.27. The number of hydrogen-bond acceptors (Lipinski definition) is 7. The summed E-state index contributed by atoms with van der Waals surface area (Å²) in [5.74, 6) is 1.38. The number of carbonyl (C=O) groups excluding carboxylic acids is 1. The number of nitrogens with one attached hydrogen (secondary N) is 1. The zero-order valence-corrected chi connectivity index (χ0v) is 21.6. The van der Waals surface area contributed by atoms with Crippen molar-refractivity contribution in [1.29, 1.82) is 0 Å². The third-order valence-electron chi connectivity index (χ3n) is 5.80. The first-order valence-electron chi connectivity index (χ1n) is 11.7. The van der Waals surface area contributed by atoms with Crippen LogP contribution in [0, 0.1) is 0 Å². The molecule has 1 aliphatic heterocycles. The normalized spacial score (nSPS) is 12.8. The van der Waals surface area contributed by atoms with Crippen LogP contribution in [0.25, 0.3) is 0 Å². The second kappa shape index (κ2) is 11.2. The number of methoxy groups -OCH3 is 1. The first kappa shape index (κ1) is 25.2. The van der Waals surface area contributed by atoms with Crippen LogP contribution in [0.2, 0.25) is 0 Å². The third kappa shape index (κ3) is 6.81. The monoisotopic (exact) mass is 495 g/mol. The van der Waals surface area contributed by atoms with E-state index in [1.54, 1.807) is 7.11 Å². The van der Waals surface area contributed by atoms with Gasteiger partial charge in [0.2, 0.25) is 6.79 Å². The molecule has 0 aliphatic carbocycles. The lowest BCUT2D eigenvalue weighted by Gasteiger charge is -2.23. The molecular weight excluding hydrogens is 462 g/mol. The molecule has 2 aromatic carbocycles. The largest absolute Gasteiger partial charge is 0.454 e. The van der Waals surface area contributed by atoms with Gasteiger partial charge in [-0.15, -0.1) is 11.3 Å². The Kier molecular flexibility index (Phi) is 8.05. The summed E-state index contributed by atoms with van der Waals surface area (Å²) in [6.45, 7) is 9.96. The molecular formula is C27H33N3O4S. The average Bonchev–Trinajstić information content (AvgIpc) is 3.48. The van der Waals surface area contributed by atoms with Gasteiger partial charge in [0.25, 0.3) is 5.91 Å². The van der Waals surface area contributed by atoms with Crippen molar-refractivity contribution in [2.24, 2.45) is 0 Å². The summed E-state index contributed by atoms with van der Waals surface area (Å²) >= 11 is 1.50. The number of benzene rings is 2. The zero-order chi connectivity index (χ0) is 24.8. The summed E-state index contributed by atoms with van der Waals surface area (Å²) in [7, 11) is 1.61. The Morgan fingerprint density at radius 3 is 2.51 bits per heavy atom. The number of aromatic nitrogens is 1. The van der Waals surface area contributed by atoms with Gasteiger partial charge in [0.05, 0.1) is 13.2 Å². The van der Waals surface area contributed by atoms with Crippen LogP contribution < -0.4 is 14.8 Å². The second-order valence-corrected chi connectivity index (χ2v) is 10.6. The van der Waals surface area contributed by atoms with Gasteiger partial charge in [-0.3, -0.25) is 9.69 Å². The highest BCUT2D eigenvalue weighted by Crippen LogP contribution is 2.33. The molecule has 0 unspecified atom stereocenters. The number of thiazole rings is 1. The fraction of sp³-hybridized carbons (Fsp3) is 0.407. The van der Waals surface area contributed by atoms with Crippen molar-refractivity contribution in [2.45, 2.75) is 45.8 Å². The van der Waals surface area contributed by atoms with Gasteiger partial charge in [-0.05, 0) is 34.2 Å². The van der Waals surface area contributed by atoms with Gasteiger partial charge in [-0.1, -0.05) is 51.1 Å². The van der Waals surface area contributed by atoms with Crippen LogP contribution in [0.4, 0.5) is 0 Å². The van der Waals surface area contributed by atoms with Crippen molar-refractivity contribution in [3.63, 3.8) is 0 Å². The first-order valence-corrected chi connectivity index (χ1v) is 12.6. The van der Waals surface area contributed by atoms with Gasteiger partial charge < -0.3 is 19.5 Å². The van der Waals surface area contributed by atoms with E-state index in [2.05, 4.69) is 66.3 Å². The van der Waals surface area contributed by atoms with Crippen molar-refractivity contribution < 1.29 is 19.0 Å². The molecule has 1 amide bonds. The molecule has 0 spiro atoms. The lowest BCUT2D eigenvalue weighted by atomic mass is 9.87. The van der Waals surface area contributed by atoms with Crippen LogP contribution >= 0.6 is 11.3 Å². The average molecular weight is 496 g/mol. The Morgan fingerprint density at radius 1 is 1.06 bits per heavy atom. The maximum absolute atomic E-state index is 12.4. The van der Waals surface area contributed by atoms with Crippen LogP contribution in [-0.4, -0.2) is 42.8 Å². The minimum Gasteiger partial charge on any atom is -0.454 e. The molecule has 0 fully saturated rings. The summed E-state index contributed by atoms with van der Waals surface area (Å²) in [4.78, 5) is 19.3. The van der Waals surface area contributed by atoms with E-state index in [-0.39, 0.29) is 18.1 Å². The van der Waals surface area contributed by atoms with E-state index in [1.165, 1.54) is 22.5 Å². The van der Waals surface area contributed by atoms with E-state index >= 15 is 0 Å². The molecule has 1 N–H and O–H groups in total. The lowest BCUT2D eigenvalue weighted by molar-refractivity contribution is 0.0932. The standard InChI is InChI=1S/C27H33N3O4S/c1-27(2,3)21-8-5-19(6-9-21)14-30(15-20-7-10-23-24(13-20)34-18-33-23)16-25-29-22(17-35-25)26(31)28-11-12-32-4/h5-10,13,17H,11-12,14-16,18H2,1-4H3,(H,28,31). The molecule has 186 valence electrons. The Labute approximate surface area is 211 Å². The highest BCUT2D eigenvalue weighted by atomic mass is 32.1. The number of amides is 1. The highest BCUT2D eigenvalue weighted by Gasteiger charge is 2.18. The molecule has 1 aliphatic rings. The van der Waals surface area contributed by atoms with Crippen molar-refractivity contribution in [3.05, 3.63) is 75.2 Å². The van der Waals surface area contributed by atoms with Gasteiger partial charge in [0, 0.05) is 32.1 Å². The number of fused-ring (bicyclic) bond motifs is 1. The smallest absolute Gasteiger partial charge is 0.270 e. The van der Waals surface area contributed by atoms with Gasteiger partial charge in [0.1, 0.15) is 10.7 Å². The van der Waals surface area contributed by atoms with Gasteiger partial charge in [-0.2, -0.15) is 0 Å². The van der Waals surface area contributed by atoms with Crippen molar-refractivity contribution in [2.75, 3.05) is 27.1 Å². The Bertz CT molecular complexity index is 1140. The Hall–Kier alpha value is -2.94. The predicted molar refractivity (Wildman–Crippen MR) is 137 cm³/mol. The Balaban J connectivity index is 1.49. The topological polar surface area (TPSA) is 72.9 Å². The summed E-state index contributed by atoms with van der Waals surface area (Å²) in [5, 5.41) is 5.54. The van der Waals surface area contributed by atoms with Crippen molar-refractivity contribution in [1.82, 2.24) is 15.2 Å². The molecule has 0 radical (unpaired) electrons. The number of hydrogen-bond donors (Lipinski definition) is 1. The van der Waals surface area contributed by atoms with Crippen LogP contribution in [-0.2, 0) is 29.8 Å². The van der Waals surface area contributed by atoms with Crippen LogP contribution in [0.3, 0.4) is 0 Å². The number of ether oxygens (including phenoxy) is 3. The number of rotatable bonds is 10. The van der Waals surface area contributed by atoms with Crippen LogP contribution in [0.5, 0.6) is 11.5 Å². The maximum Gasteiger partial charge on any atom is 0.270 e. The molecule has 3 aromatic rings. The minimum absolute atomic E-state index is 0.117. The number of nitrogens with zero attached hydrogens (tertiary/aromatic N) is 2. The number of carbonyl (C=O) groups is 1. The molecule has 0 bridgehead atoms. The van der Waals surface area contributed by atoms with E-state index < -0.39 is 0 Å². The van der Waals surface area contributed by atoms with Gasteiger partial charge >= 0.3 is 0 Å². The summed E-state index contributed by atoms with van der Waals surface area (Å²) in [6.07, 6.45) is 0. The molecule has 7 nitrogen and oxygen atoms in total. The molecule has 35 heavy (non-hydrogen) atoms. The van der Waals surface area contributed by atoms with E-state index in [4.69, 9.17) is 14.2 Å². The molecule has 0 saturated heterocycles. The molecule has 0 atom stereocenters. The quantitative estimate of drug-likeness (QED) is 0.409. The molecule has 1 aromatic heterocycles. The van der Waals surface area contributed by atoms with Crippen LogP contribution in [0.1, 0.15) is 53.0 Å². The molecule has 8 heteroatoms. The molecule has 0 saturated carbocycles. The fourth-order valence-corrected chi connectivity index (χ4v) is 4.69. The first-order chi connectivity index (χ1) is 16.8. The Morgan fingerprint density at radius 2 is 1.77 bits per heavy atom. The summed E-state index contributed by atoms with van der Waals surface area (Å²) in [6, 6.07) is 14.9.